The summed E-state index contributed by atoms with van der Waals surface area (Å²) in [5.74, 6) is 1.39. The van der Waals surface area contributed by atoms with Crippen molar-refractivity contribution in [3.63, 3.8) is 0 Å². The number of nitrogen functional groups attached to an aromatic ring is 1. The maximum Gasteiger partial charge on any atom is 0.170 e. The molecule has 1 aliphatic rings. The molecule has 2 aromatic heterocycles. The van der Waals surface area contributed by atoms with E-state index in [9.17, 15) is 4.39 Å². The van der Waals surface area contributed by atoms with Crippen molar-refractivity contribution in [3.05, 3.63) is 59.5 Å². The van der Waals surface area contributed by atoms with Crippen LogP contribution < -0.4 is 10.6 Å². The summed E-state index contributed by atoms with van der Waals surface area (Å²) in [6, 6.07) is 6.97. The van der Waals surface area contributed by atoms with Gasteiger partial charge in [0.1, 0.15) is 23.0 Å². The van der Waals surface area contributed by atoms with E-state index in [0.29, 0.717) is 29.4 Å². The molecule has 0 bridgehead atoms. The van der Waals surface area contributed by atoms with Crippen molar-refractivity contribution in [2.45, 2.75) is 32.7 Å². The normalized spacial score (nSPS) is 16.7. The lowest BCUT2D eigenvalue weighted by Crippen LogP contribution is -2.24. The van der Waals surface area contributed by atoms with Crippen molar-refractivity contribution in [2.24, 2.45) is 0 Å². The van der Waals surface area contributed by atoms with E-state index in [2.05, 4.69) is 16.6 Å². The highest BCUT2D eigenvalue weighted by Crippen LogP contribution is 2.37. The summed E-state index contributed by atoms with van der Waals surface area (Å²) in [5, 5.41) is 4.31. The van der Waals surface area contributed by atoms with Crippen LogP contribution in [0.2, 0.25) is 0 Å². The van der Waals surface area contributed by atoms with Crippen LogP contribution in [0.5, 0.6) is 0 Å². The van der Waals surface area contributed by atoms with E-state index in [1.54, 1.807) is 10.6 Å². The maximum atomic E-state index is 13.9. The molecule has 7 heteroatoms. The number of hydrogen-bond acceptors (Lipinski definition) is 5. The summed E-state index contributed by atoms with van der Waals surface area (Å²) in [5.41, 5.74) is 9.38. The van der Waals surface area contributed by atoms with Gasteiger partial charge >= 0.3 is 0 Å². The van der Waals surface area contributed by atoms with Crippen LogP contribution in [0.25, 0.3) is 11.4 Å². The Labute approximate surface area is 163 Å². The third-order valence-electron chi connectivity index (χ3n) is 5.24. The van der Waals surface area contributed by atoms with E-state index in [4.69, 9.17) is 15.5 Å². The standard InChI is InChI=1S/C21H24FN5O/c1-4-28-14(3)19-20(23)25-27-11-9-18(24-21(19)27)26-10-5-6-17(26)16-12-15(22)8-7-13(16)2/h7-9,11-12,17H,3-6,10H2,1-2H3,(H2,23,25). The topological polar surface area (TPSA) is 68.7 Å². The van der Waals surface area contributed by atoms with Gasteiger partial charge in [0.15, 0.2) is 11.5 Å². The number of fused-ring (bicyclic) bond motifs is 1. The zero-order valence-electron chi connectivity index (χ0n) is 16.2. The van der Waals surface area contributed by atoms with E-state index in [1.807, 2.05) is 32.2 Å². The highest BCUT2D eigenvalue weighted by atomic mass is 19.1. The van der Waals surface area contributed by atoms with Crippen LogP contribution in [0, 0.1) is 12.7 Å². The molecule has 1 unspecified atom stereocenters. The van der Waals surface area contributed by atoms with Crippen LogP contribution in [-0.4, -0.2) is 27.7 Å². The summed E-state index contributed by atoms with van der Waals surface area (Å²) < 4.78 is 21.0. The molecule has 6 nitrogen and oxygen atoms in total. The van der Waals surface area contributed by atoms with Crippen LogP contribution >= 0.6 is 0 Å². The molecule has 2 N–H and O–H groups in total. The van der Waals surface area contributed by atoms with Gasteiger partial charge in [-0.1, -0.05) is 12.6 Å². The fraction of sp³-hybridized carbons (Fsp3) is 0.333. The number of hydrogen-bond donors (Lipinski definition) is 1. The lowest BCUT2D eigenvalue weighted by Gasteiger charge is -2.27. The number of nitrogens with zero attached hydrogens (tertiary/aromatic N) is 4. The van der Waals surface area contributed by atoms with Crippen molar-refractivity contribution >= 4 is 23.0 Å². The number of nitrogens with two attached hydrogens (primary N) is 1. The summed E-state index contributed by atoms with van der Waals surface area (Å²) in [6.07, 6.45) is 3.81. The van der Waals surface area contributed by atoms with E-state index < -0.39 is 0 Å². The molecule has 0 spiro atoms. The molecular formula is C21H24FN5O. The SMILES string of the molecule is C=C(OCC)c1c(N)nn2ccc(N3CCCC3c3cc(F)ccc3C)nc12. The quantitative estimate of drug-likeness (QED) is 0.674. The number of aryl methyl sites for hydroxylation is 1. The molecule has 3 heterocycles. The molecule has 1 atom stereocenters. The van der Waals surface area contributed by atoms with E-state index in [1.165, 1.54) is 6.07 Å². The number of ether oxygens (including phenoxy) is 1. The Morgan fingerprint density at radius 2 is 2.21 bits per heavy atom. The van der Waals surface area contributed by atoms with Gasteiger partial charge < -0.3 is 15.4 Å². The second-order valence-electron chi connectivity index (χ2n) is 7.02. The van der Waals surface area contributed by atoms with Crippen LogP contribution in [0.15, 0.2) is 37.0 Å². The molecule has 0 saturated carbocycles. The smallest absolute Gasteiger partial charge is 0.170 e. The molecular weight excluding hydrogens is 357 g/mol. The minimum Gasteiger partial charge on any atom is -0.494 e. The van der Waals surface area contributed by atoms with Gasteiger partial charge in [-0.3, -0.25) is 0 Å². The highest BCUT2D eigenvalue weighted by Gasteiger charge is 2.29. The summed E-state index contributed by atoms with van der Waals surface area (Å²) in [4.78, 5) is 7.04. The number of benzene rings is 1. The molecule has 1 saturated heterocycles. The number of halogens is 1. The Morgan fingerprint density at radius 1 is 1.39 bits per heavy atom. The van der Waals surface area contributed by atoms with Gasteiger partial charge in [0, 0.05) is 12.7 Å². The maximum absolute atomic E-state index is 13.9. The molecule has 1 fully saturated rings. The first-order valence-corrected chi connectivity index (χ1v) is 9.49. The summed E-state index contributed by atoms with van der Waals surface area (Å²) in [7, 11) is 0. The lowest BCUT2D eigenvalue weighted by molar-refractivity contribution is 0.299. The van der Waals surface area contributed by atoms with Crippen LogP contribution in [-0.2, 0) is 4.74 Å². The molecule has 3 aromatic rings. The predicted molar refractivity (Wildman–Crippen MR) is 109 cm³/mol. The molecule has 1 aliphatic heterocycles. The average Bonchev–Trinajstić information content (AvgIpc) is 3.27. The minimum absolute atomic E-state index is 0.0875. The molecule has 4 rings (SSSR count). The van der Waals surface area contributed by atoms with Gasteiger partial charge in [-0.25, -0.2) is 13.9 Å². The second kappa shape index (κ2) is 7.14. The van der Waals surface area contributed by atoms with Gasteiger partial charge in [-0.15, -0.1) is 5.10 Å². The van der Waals surface area contributed by atoms with Crippen molar-refractivity contribution in [1.82, 2.24) is 14.6 Å². The monoisotopic (exact) mass is 381 g/mol. The molecule has 146 valence electrons. The molecule has 28 heavy (non-hydrogen) atoms. The van der Waals surface area contributed by atoms with Crippen LogP contribution in [0.3, 0.4) is 0 Å². The predicted octanol–water partition coefficient (Wildman–Crippen LogP) is 4.11. The van der Waals surface area contributed by atoms with Gasteiger partial charge in [-0.05, 0) is 56.0 Å². The van der Waals surface area contributed by atoms with Crippen molar-refractivity contribution in [2.75, 3.05) is 23.8 Å². The summed E-state index contributed by atoms with van der Waals surface area (Å²) in [6.45, 7) is 9.21. The van der Waals surface area contributed by atoms with E-state index in [-0.39, 0.29) is 11.9 Å². The van der Waals surface area contributed by atoms with Crippen molar-refractivity contribution < 1.29 is 9.13 Å². The Bertz CT molecular complexity index is 1040. The lowest BCUT2D eigenvalue weighted by atomic mass is 9.99. The Balaban J connectivity index is 1.77. The first kappa shape index (κ1) is 18.3. The molecule has 1 aromatic carbocycles. The van der Waals surface area contributed by atoms with Gasteiger partial charge in [0.2, 0.25) is 0 Å². The fourth-order valence-corrected chi connectivity index (χ4v) is 3.95. The average molecular weight is 381 g/mol. The zero-order valence-corrected chi connectivity index (χ0v) is 16.2. The Hall–Kier alpha value is -3.09. The van der Waals surface area contributed by atoms with Gasteiger partial charge in [0.05, 0.1) is 12.6 Å². The largest absolute Gasteiger partial charge is 0.494 e. The molecule has 0 amide bonds. The van der Waals surface area contributed by atoms with Gasteiger partial charge in [0.25, 0.3) is 0 Å². The fourth-order valence-electron chi connectivity index (χ4n) is 3.95. The Kier molecular flexibility index (Phi) is 4.66. The third kappa shape index (κ3) is 3.06. The zero-order chi connectivity index (χ0) is 19.8. The van der Waals surface area contributed by atoms with E-state index in [0.717, 1.165) is 36.3 Å². The highest BCUT2D eigenvalue weighted by molar-refractivity contribution is 5.79. The van der Waals surface area contributed by atoms with Crippen molar-refractivity contribution in [3.8, 4) is 0 Å². The van der Waals surface area contributed by atoms with Crippen LogP contribution in [0.4, 0.5) is 16.0 Å². The van der Waals surface area contributed by atoms with Crippen LogP contribution in [0.1, 0.15) is 42.5 Å². The third-order valence-corrected chi connectivity index (χ3v) is 5.24. The summed E-state index contributed by atoms with van der Waals surface area (Å²) >= 11 is 0. The number of rotatable bonds is 5. The first-order chi connectivity index (χ1) is 13.5. The van der Waals surface area contributed by atoms with E-state index >= 15 is 0 Å². The Morgan fingerprint density at radius 3 is 3.00 bits per heavy atom. The second-order valence-corrected chi connectivity index (χ2v) is 7.02. The van der Waals surface area contributed by atoms with Gasteiger partial charge in [-0.2, -0.15) is 0 Å². The van der Waals surface area contributed by atoms with Crippen molar-refractivity contribution in [1.29, 1.82) is 0 Å². The minimum atomic E-state index is -0.213. The number of anilines is 2. The molecule has 0 aliphatic carbocycles. The number of aromatic nitrogens is 3. The first-order valence-electron chi connectivity index (χ1n) is 9.49. The molecule has 0 radical (unpaired) electrons.